The van der Waals surface area contributed by atoms with E-state index in [1.54, 1.807) is 31.2 Å². The predicted octanol–water partition coefficient (Wildman–Crippen LogP) is 4.15. The van der Waals surface area contributed by atoms with Gasteiger partial charge in [0.25, 0.3) is 0 Å². The van der Waals surface area contributed by atoms with Gasteiger partial charge < -0.3 is 5.32 Å². The number of nitrogens with one attached hydrogen (secondary N) is 1. The number of halogens is 1. The van der Waals surface area contributed by atoms with Gasteiger partial charge in [0.05, 0.1) is 18.0 Å². The summed E-state index contributed by atoms with van der Waals surface area (Å²) >= 11 is 5.91. The third kappa shape index (κ3) is 5.47. The number of hydrogen-bond donors (Lipinski definition) is 1. The molecule has 0 saturated carbocycles. The molecule has 2 aromatic rings. The molecular formula is C20H25ClN2O3S. The summed E-state index contributed by atoms with van der Waals surface area (Å²) in [6.07, 6.45) is 2.14. The second-order valence-electron chi connectivity index (χ2n) is 6.34. The molecule has 0 aromatic heterocycles. The van der Waals surface area contributed by atoms with Crippen molar-refractivity contribution in [2.75, 3.05) is 10.6 Å². The van der Waals surface area contributed by atoms with Crippen LogP contribution in [0.25, 0.3) is 0 Å². The number of benzene rings is 2. The van der Waals surface area contributed by atoms with Crippen LogP contribution in [0.15, 0.2) is 54.6 Å². The summed E-state index contributed by atoms with van der Waals surface area (Å²) in [6.45, 7) is 3.77. The molecule has 1 N–H and O–H groups in total. The summed E-state index contributed by atoms with van der Waals surface area (Å²) in [5.74, 6) is -0.325. The second-order valence-corrected chi connectivity index (χ2v) is 8.64. The number of carbonyl (C=O) groups is 1. The Morgan fingerprint density at radius 1 is 1.04 bits per heavy atom. The number of anilines is 1. The monoisotopic (exact) mass is 408 g/mol. The average molecular weight is 409 g/mol. The zero-order valence-electron chi connectivity index (χ0n) is 15.7. The molecule has 0 aliphatic heterocycles. The highest BCUT2D eigenvalue weighted by molar-refractivity contribution is 7.92. The van der Waals surface area contributed by atoms with Gasteiger partial charge in [-0.05, 0) is 42.7 Å². The minimum absolute atomic E-state index is 0.181. The molecule has 0 spiro atoms. The van der Waals surface area contributed by atoms with Crippen molar-refractivity contribution in [1.29, 1.82) is 0 Å². The summed E-state index contributed by atoms with van der Waals surface area (Å²) < 4.78 is 26.1. The minimum atomic E-state index is -3.66. The first-order chi connectivity index (χ1) is 12.8. The highest BCUT2D eigenvalue weighted by Gasteiger charge is 2.32. The van der Waals surface area contributed by atoms with Crippen LogP contribution in [0, 0.1) is 0 Å². The fourth-order valence-corrected chi connectivity index (χ4v) is 4.36. The average Bonchev–Trinajstić information content (AvgIpc) is 2.64. The van der Waals surface area contributed by atoms with Crippen molar-refractivity contribution in [1.82, 2.24) is 5.32 Å². The first-order valence-corrected chi connectivity index (χ1v) is 11.1. The van der Waals surface area contributed by atoms with Gasteiger partial charge in [-0.3, -0.25) is 9.10 Å². The van der Waals surface area contributed by atoms with Crippen LogP contribution in [-0.2, 0) is 14.8 Å². The quantitative estimate of drug-likeness (QED) is 0.713. The number of amides is 1. The Labute approximate surface area is 166 Å². The molecule has 5 nitrogen and oxygen atoms in total. The van der Waals surface area contributed by atoms with Crippen LogP contribution < -0.4 is 9.62 Å². The molecule has 146 valence electrons. The minimum Gasteiger partial charge on any atom is -0.347 e. The van der Waals surface area contributed by atoms with Gasteiger partial charge in [-0.1, -0.05) is 55.8 Å². The van der Waals surface area contributed by atoms with Gasteiger partial charge in [-0.25, -0.2) is 8.42 Å². The molecule has 0 bridgehead atoms. The molecule has 0 aliphatic carbocycles. The lowest BCUT2D eigenvalue weighted by atomic mass is 10.0. The smallest absolute Gasteiger partial charge is 0.244 e. The second kappa shape index (κ2) is 9.24. The molecule has 7 heteroatoms. The van der Waals surface area contributed by atoms with E-state index in [-0.39, 0.29) is 11.9 Å². The lowest BCUT2D eigenvalue weighted by Gasteiger charge is -2.31. The normalized spacial score (nSPS) is 13.6. The summed E-state index contributed by atoms with van der Waals surface area (Å²) in [7, 11) is -3.66. The van der Waals surface area contributed by atoms with Crippen LogP contribution in [0.4, 0.5) is 5.69 Å². The number of rotatable bonds is 8. The maximum Gasteiger partial charge on any atom is 0.244 e. The van der Waals surface area contributed by atoms with Crippen molar-refractivity contribution in [3.8, 4) is 0 Å². The third-order valence-electron chi connectivity index (χ3n) is 4.34. The van der Waals surface area contributed by atoms with E-state index in [0.29, 0.717) is 23.6 Å². The van der Waals surface area contributed by atoms with Crippen molar-refractivity contribution >= 4 is 33.2 Å². The maximum atomic E-state index is 13.0. The van der Waals surface area contributed by atoms with Gasteiger partial charge in [-0.15, -0.1) is 0 Å². The van der Waals surface area contributed by atoms with Gasteiger partial charge in [-0.2, -0.15) is 0 Å². The van der Waals surface area contributed by atoms with Crippen LogP contribution in [0.2, 0.25) is 5.02 Å². The Balaban J connectivity index is 2.32. The Morgan fingerprint density at radius 2 is 1.63 bits per heavy atom. The molecule has 1 amide bonds. The first-order valence-electron chi connectivity index (χ1n) is 8.88. The Hall–Kier alpha value is -2.05. The molecule has 0 aliphatic rings. The van der Waals surface area contributed by atoms with Crippen LogP contribution >= 0.6 is 11.6 Å². The molecule has 2 atom stereocenters. The molecule has 0 radical (unpaired) electrons. The first kappa shape index (κ1) is 21.3. The molecule has 0 saturated heterocycles. The maximum absolute atomic E-state index is 13.0. The van der Waals surface area contributed by atoms with E-state index >= 15 is 0 Å². The Bertz CT molecular complexity index is 855. The van der Waals surface area contributed by atoms with E-state index in [2.05, 4.69) is 5.32 Å². The Kier molecular flexibility index (Phi) is 7.27. The molecule has 2 aromatic carbocycles. The SMILES string of the molecule is CCC(NC(=O)C(CC)N(c1ccc(Cl)cc1)S(C)(=O)=O)c1ccccc1. The zero-order valence-corrected chi connectivity index (χ0v) is 17.3. The zero-order chi connectivity index (χ0) is 20.0. The number of nitrogens with zero attached hydrogens (tertiary/aromatic N) is 1. The van der Waals surface area contributed by atoms with E-state index in [4.69, 9.17) is 11.6 Å². The number of hydrogen-bond acceptors (Lipinski definition) is 3. The predicted molar refractivity (Wildman–Crippen MR) is 110 cm³/mol. The van der Waals surface area contributed by atoms with Crippen molar-refractivity contribution in [2.45, 2.75) is 38.8 Å². The van der Waals surface area contributed by atoms with Gasteiger partial charge in [0, 0.05) is 5.02 Å². The van der Waals surface area contributed by atoms with Crippen LogP contribution in [-0.4, -0.2) is 26.6 Å². The highest BCUT2D eigenvalue weighted by Crippen LogP contribution is 2.25. The highest BCUT2D eigenvalue weighted by atomic mass is 35.5. The Morgan fingerprint density at radius 3 is 2.11 bits per heavy atom. The van der Waals surface area contributed by atoms with Crippen LogP contribution in [0.3, 0.4) is 0 Å². The lowest BCUT2D eigenvalue weighted by molar-refractivity contribution is -0.123. The fourth-order valence-electron chi connectivity index (χ4n) is 3.02. The van der Waals surface area contributed by atoms with E-state index in [1.165, 1.54) is 0 Å². The van der Waals surface area contributed by atoms with Gasteiger partial charge in [0.15, 0.2) is 0 Å². The summed E-state index contributed by atoms with van der Waals surface area (Å²) in [4.78, 5) is 13.0. The molecule has 2 rings (SSSR count). The molecule has 27 heavy (non-hydrogen) atoms. The fraction of sp³-hybridized carbons (Fsp3) is 0.350. The van der Waals surface area contributed by atoms with E-state index < -0.39 is 16.1 Å². The van der Waals surface area contributed by atoms with Gasteiger partial charge >= 0.3 is 0 Å². The van der Waals surface area contributed by atoms with Gasteiger partial charge in [0.2, 0.25) is 15.9 Å². The molecule has 2 unspecified atom stereocenters. The van der Waals surface area contributed by atoms with Crippen molar-refractivity contribution < 1.29 is 13.2 Å². The molecule has 0 heterocycles. The number of carbonyl (C=O) groups excluding carboxylic acids is 1. The largest absolute Gasteiger partial charge is 0.347 e. The molecule has 0 fully saturated rings. The van der Waals surface area contributed by atoms with E-state index in [0.717, 1.165) is 16.1 Å². The summed E-state index contributed by atoms with van der Waals surface area (Å²) in [5.41, 5.74) is 1.40. The number of sulfonamides is 1. The topological polar surface area (TPSA) is 66.5 Å². The van der Waals surface area contributed by atoms with Crippen molar-refractivity contribution in [3.05, 3.63) is 65.2 Å². The lowest BCUT2D eigenvalue weighted by Crippen LogP contribution is -2.50. The van der Waals surface area contributed by atoms with Gasteiger partial charge in [0.1, 0.15) is 6.04 Å². The standard InChI is InChI=1S/C20H25ClN2O3S/c1-4-18(15-9-7-6-8-10-15)22-20(24)19(5-2)23(27(3,25)26)17-13-11-16(21)12-14-17/h6-14,18-19H,4-5H2,1-3H3,(H,22,24). The van der Waals surface area contributed by atoms with Crippen LogP contribution in [0.5, 0.6) is 0 Å². The summed E-state index contributed by atoms with van der Waals surface area (Å²) in [6, 6.07) is 15.0. The molecular weight excluding hydrogens is 384 g/mol. The van der Waals surface area contributed by atoms with Crippen LogP contribution in [0.1, 0.15) is 38.3 Å². The van der Waals surface area contributed by atoms with E-state index in [1.807, 2.05) is 37.3 Å². The van der Waals surface area contributed by atoms with Crippen molar-refractivity contribution in [3.63, 3.8) is 0 Å². The third-order valence-corrected chi connectivity index (χ3v) is 5.77. The summed E-state index contributed by atoms with van der Waals surface area (Å²) in [5, 5.41) is 3.50. The van der Waals surface area contributed by atoms with E-state index in [9.17, 15) is 13.2 Å². The van der Waals surface area contributed by atoms with Crippen molar-refractivity contribution in [2.24, 2.45) is 0 Å².